The molecule has 3 atom stereocenters. The summed E-state index contributed by atoms with van der Waals surface area (Å²) in [6.45, 7) is 10.4. The monoisotopic (exact) mass is 340 g/mol. The second-order valence-corrected chi connectivity index (χ2v) is 15.4. The Bertz CT molecular complexity index is 278. The molecule has 0 aliphatic carbocycles. The summed E-state index contributed by atoms with van der Waals surface area (Å²) in [5.41, 5.74) is 0. The molecule has 0 N–H and O–H groups in total. The van der Waals surface area contributed by atoms with Crippen molar-refractivity contribution in [2.75, 3.05) is 19.8 Å². The fourth-order valence-electron chi connectivity index (χ4n) is 2.11. The largest absolute Gasteiger partial charge is 0.420 e. The van der Waals surface area contributed by atoms with Crippen molar-refractivity contribution < 1.29 is 25.9 Å². The van der Waals surface area contributed by atoms with Crippen LogP contribution in [0.3, 0.4) is 0 Å². The van der Waals surface area contributed by atoms with Gasteiger partial charge in [-0.3, -0.25) is 0 Å². The zero-order valence-corrected chi connectivity index (χ0v) is 16.6. The van der Waals surface area contributed by atoms with Crippen molar-refractivity contribution in [2.24, 2.45) is 0 Å². The molecule has 0 amide bonds. The third-order valence-corrected chi connectivity index (χ3v) is 16.9. The van der Waals surface area contributed by atoms with Crippen LogP contribution in [0.4, 0.5) is 0 Å². The van der Waals surface area contributed by atoms with Gasteiger partial charge in [-0.2, -0.15) is 0 Å². The van der Waals surface area contributed by atoms with Gasteiger partial charge in [0.15, 0.2) is 0 Å². The summed E-state index contributed by atoms with van der Waals surface area (Å²) in [5.74, 6) is 0. The van der Waals surface area contributed by atoms with Gasteiger partial charge in [0, 0.05) is 12.7 Å². The summed E-state index contributed by atoms with van der Waals surface area (Å²) in [6, 6.07) is 0.830. The first-order chi connectivity index (χ1) is 8.97. The summed E-state index contributed by atoms with van der Waals surface area (Å²) in [7, 11) is -6.97. The molecule has 2 aliphatic heterocycles. The van der Waals surface area contributed by atoms with E-state index < -0.39 is 36.4 Å². The average Bonchev–Trinajstić information content (AvgIpc) is 3.05. The van der Waals surface area contributed by atoms with E-state index in [1.54, 1.807) is 0 Å². The van der Waals surface area contributed by atoms with Gasteiger partial charge in [-0.05, 0) is 26.2 Å². The van der Waals surface area contributed by atoms with Crippen LogP contribution in [0.5, 0.6) is 0 Å². The Labute approximate surface area is 121 Å². The van der Waals surface area contributed by atoms with Crippen molar-refractivity contribution in [1.29, 1.82) is 0 Å². The summed E-state index contributed by atoms with van der Waals surface area (Å²) >= 11 is 0. The van der Waals surface area contributed by atoms with Crippen LogP contribution in [0.2, 0.25) is 32.2 Å². The normalized spacial score (nSPS) is 43.6. The predicted molar refractivity (Wildman–Crippen MR) is 80.4 cm³/mol. The Morgan fingerprint density at radius 2 is 1.68 bits per heavy atom. The smallest absolute Gasteiger partial charge is 0.319 e. The first-order valence-corrected chi connectivity index (χ1v) is 15.6. The van der Waals surface area contributed by atoms with Crippen LogP contribution in [0.15, 0.2) is 0 Å². The maximum Gasteiger partial charge on any atom is 0.319 e. The van der Waals surface area contributed by atoms with Crippen LogP contribution < -0.4 is 0 Å². The third kappa shape index (κ3) is 5.87. The molecule has 10 heteroatoms. The molecule has 3 unspecified atom stereocenters. The molecule has 2 fully saturated rings. The Balaban J connectivity index is 1.79. The van der Waals surface area contributed by atoms with Gasteiger partial charge in [-0.15, -0.1) is 0 Å². The molecule has 112 valence electrons. The lowest BCUT2D eigenvalue weighted by Crippen LogP contribution is -2.53. The van der Waals surface area contributed by atoms with Crippen molar-refractivity contribution in [3.05, 3.63) is 0 Å². The van der Waals surface area contributed by atoms with Crippen LogP contribution in [0.1, 0.15) is 0 Å². The van der Waals surface area contributed by atoms with E-state index in [4.69, 9.17) is 25.9 Å². The Hall–Kier alpha value is 0.628. The highest BCUT2D eigenvalue weighted by Gasteiger charge is 2.39. The standard InChI is InChI=1S/C9H24O6Si4/c1-16-12-17(2)14-19(4,15-18(3)13-16)6-5-10-7-9-8-11-9/h9,16-18H,5-8H2,1-4H3. The van der Waals surface area contributed by atoms with Gasteiger partial charge in [0.05, 0.1) is 13.2 Å². The lowest BCUT2D eigenvalue weighted by molar-refractivity contribution is 0.122. The molecule has 0 aromatic carbocycles. The maximum atomic E-state index is 6.15. The minimum Gasteiger partial charge on any atom is -0.420 e. The first-order valence-electron chi connectivity index (χ1n) is 6.83. The highest BCUT2D eigenvalue weighted by atomic mass is 28.5. The van der Waals surface area contributed by atoms with Crippen LogP contribution in [0, 0.1) is 0 Å². The molecule has 2 saturated heterocycles. The van der Waals surface area contributed by atoms with E-state index >= 15 is 0 Å². The maximum absolute atomic E-state index is 6.15. The lowest BCUT2D eigenvalue weighted by atomic mass is 10.5. The second-order valence-electron chi connectivity index (χ2n) is 5.12. The fourth-order valence-corrected chi connectivity index (χ4v) is 16.5. The van der Waals surface area contributed by atoms with Gasteiger partial charge in [-0.25, -0.2) is 0 Å². The van der Waals surface area contributed by atoms with Crippen molar-refractivity contribution in [1.82, 2.24) is 0 Å². The lowest BCUT2D eigenvalue weighted by Gasteiger charge is -2.36. The zero-order chi connectivity index (χ0) is 13.9. The van der Waals surface area contributed by atoms with Crippen molar-refractivity contribution in [3.8, 4) is 0 Å². The predicted octanol–water partition coefficient (Wildman–Crippen LogP) is 0.105. The van der Waals surface area contributed by atoms with Gasteiger partial charge >= 0.3 is 8.56 Å². The fraction of sp³-hybridized carbons (Fsp3) is 1.00. The number of hydrogen-bond acceptors (Lipinski definition) is 6. The van der Waals surface area contributed by atoms with E-state index in [-0.39, 0.29) is 0 Å². The molecular formula is C9H24O6Si4. The van der Waals surface area contributed by atoms with Crippen LogP contribution in [0.25, 0.3) is 0 Å². The molecule has 0 saturated carbocycles. The summed E-state index contributed by atoms with van der Waals surface area (Å²) in [6.07, 6.45) is 0.314. The molecule has 6 nitrogen and oxygen atoms in total. The summed E-state index contributed by atoms with van der Waals surface area (Å²) in [4.78, 5) is 0. The molecule has 0 spiro atoms. The summed E-state index contributed by atoms with van der Waals surface area (Å²) in [5, 5.41) is 0. The number of epoxide rings is 1. The Morgan fingerprint density at radius 1 is 1.11 bits per heavy atom. The SMILES string of the molecule is C[SiH]1O[SiH](C)O[Si](C)(CCOCC2CO2)O[SiH](C)O1. The van der Waals surface area contributed by atoms with Gasteiger partial charge < -0.3 is 25.9 Å². The Morgan fingerprint density at radius 3 is 2.21 bits per heavy atom. The third-order valence-electron chi connectivity index (χ3n) is 3.00. The molecule has 2 heterocycles. The molecule has 0 aromatic rings. The van der Waals surface area contributed by atoms with Gasteiger partial charge in [-0.1, -0.05) is 0 Å². The van der Waals surface area contributed by atoms with E-state index in [1.807, 2.05) is 6.55 Å². The van der Waals surface area contributed by atoms with E-state index in [2.05, 4.69) is 19.6 Å². The second kappa shape index (κ2) is 7.06. The van der Waals surface area contributed by atoms with Gasteiger partial charge in [0.25, 0.3) is 27.9 Å². The first kappa shape index (κ1) is 16.0. The molecule has 0 bridgehead atoms. The summed E-state index contributed by atoms with van der Waals surface area (Å²) < 4.78 is 34.8. The number of ether oxygens (including phenoxy) is 2. The average molecular weight is 341 g/mol. The van der Waals surface area contributed by atoms with Gasteiger partial charge in [0.1, 0.15) is 6.10 Å². The van der Waals surface area contributed by atoms with Gasteiger partial charge in [0.2, 0.25) is 0 Å². The van der Waals surface area contributed by atoms with Crippen molar-refractivity contribution in [2.45, 2.75) is 38.3 Å². The quantitative estimate of drug-likeness (QED) is 0.402. The number of rotatable bonds is 5. The van der Waals surface area contributed by atoms with E-state index in [0.717, 1.165) is 12.7 Å². The minimum absolute atomic E-state index is 0.314. The molecule has 0 radical (unpaired) electrons. The Kier molecular flexibility index (Phi) is 5.95. The number of hydrogen-bond donors (Lipinski definition) is 0. The van der Waals surface area contributed by atoms with E-state index in [1.165, 1.54) is 0 Å². The molecule has 2 rings (SSSR count). The van der Waals surface area contributed by atoms with Crippen LogP contribution in [-0.4, -0.2) is 62.3 Å². The van der Waals surface area contributed by atoms with Crippen molar-refractivity contribution in [3.63, 3.8) is 0 Å². The minimum atomic E-state index is -2.20. The zero-order valence-electron chi connectivity index (χ0n) is 12.1. The topological polar surface area (TPSA) is 58.7 Å². The molecule has 2 aliphatic rings. The molecule has 0 aromatic heterocycles. The highest BCUT2D eigenvalue weighted by molar-refractivity contribution is 6.81. The van der Waals surface area contributed by atoms with Crippen molar-refractivity contribution >= 4 is 36.4 Å². The van der Waals surface area contributed by atoms with E-state index in [0.29, 0.717) is 19.3 Å². The van der Waals surface area contributed by atoms with Crippen LogP contribution >= 0.6 is 0 Å². The van der Waals surface area contributed by atoms with Crippen LogP contribution in [-0.2, 0) is 25.9 Å². The highest BCUT2D eigenvalue weighted by Crippen LogP contribution is 2.20. The molecule has 19 heavy (non-hydrogen) atoms. The molecular weight excluding hydrogens is 316 g/mol. The van der Waals surface area contributed by atoms with E-state index in [9.17, 15) is 0 Å².